The Balaban J connectivity index is 2.62. The molecule has 0 saturated carbocycles. The van der Waals surface area contributed by atoms with Gasteiger partial charge in [0.2, 0.25) is 5.91 Å². The fourth-order valence-corrected chi connectivity index (χ4v) is 2.64. The number of carbonyl (C=O) groups is 2. The molecule has 1 amide bonds. The number of ether oxygens (including phenoxy) is 1. The van der Waals surface area contributed by atoms with Gasteiger partial charge in [-0.2, -0.15) is 0 Å². The van der Waals surface area contributed by atoms with Gasteiger partial charge in [0.1, 0.15) is 6.04 Å². The number of esters is 1. The summed E-state index contributed by atoms with van der Waals surface area (Å²) in [5, 5.41) is 0. The quantitative estimate of drug-likeness (QED) is 0.741. The predicted octanol–water partition coefficient (Wildman–Crippen LogP) is 2.04. The first kappa shape index (κ1) is 13.9. The zero-order valence-corrected chi connectivity index (χ0v) is 12.8. The topological polar surface area (TPSA) is 49.9 Å². The van der Waals surface area contributed by atoms with Gasteiger partial charge in [0.05, 0.1) is 24.0 Å². The smallest absolute Gasteiger partial charge is 0.339 e. The van der Waals surface area contributed by atoms with Crippen molar-refractivity contribution < 1.29 is 14.3 Å². The van der Waals surface area contributed by atoms with Gasteiger partial charge in [0.15, 0.2) is 0 Å². The van der Waals surface area contributed by atoms with Crippen LogP contribution in [0, 0.1) is 0 Å². The number of hydrogen-bond donors (Lipinski definition) is 0. The largest absolute Gasteiger partial charge is 0.465 e. The maximum absolute atomic E-state index is 12.1. The standard InChI is InChI=1S/C13H15BrN2O3/c1-7-12(17)16(3)10-5-8(13(18)19-4)9(14)6-11(10)15(7)2/h5-7H,1-4H3. The molecule has 5 nitrogen and oxygen atoms in total. The molecular formula is C13H15BrN2O3. The van der Waals surface area contributed by atoms with Crippen molar-refractivity contribution in [3.63, 3.8) is 0 Å². The minimum Gasteiger partial charge on any atom is -0.465 e. The van der Waals surface area contributed by atoms with Crippen molar-refractivity contribution in [3.8, 4) is 0 Å². The summed E-state index contributed by atoms with van der Waals surface area (Å²) in [5.74, 6) is -0.440. The third-order valence-electron chi connectivity index (χ3n) is 3.48. The molecule has 0 saturated heterocycles. The first-order valence-electron chi connectivity index (χ1n) is 5.80. The fourth-order valence-electron chi connectivity index (χ4n) is 2.14. The molecule has 1 heterocycles. The van der Waals surface area contributed by atoms with Gasteiger partial charge in [0.25, 0.3) is 0 Å². The van der Waals surface area contributed by atoms with Gasteiger partial charge >= 0.3 is 5.97 Å². The van der Waals surface area contributed by atoms with E-state index in [-0.39, 0.29) is 11.9 Å². The summed E-state index contributed by atoms with van der Waals surface area (Å²) in [4.78, 5) is 27.2. The maximum Gasteiger partial charge on any atom is 0.339 e. The molecule has 0 aliphatic carbocycles. The van der Waals surface area contributed by atoms with Crippen molar-refractivity contribution in [2.75, 3.05) is 31.0 Å². The molecule has 1 unspecified atom stereocenters. The number of fused-ring (bicyclic) bond motifs is 1. The molecule has 102 valence electrons. The van der Waals surface area contributed by atoms with E-state index in [2.05, 4.69) is 15.9 Å². The van der Waals surface area contributed by atoms with Crippen LogP contribution in [0.1, 0.15) is 17.3 Å². The van der Waals surface area contributed by atoms with Crippen LogP contribution in [0.3, 0.4) is 0 Å². The Morgan fingerprint density at radius 1 is 1.32 bits per heavy atom. The lowest BCUT2D eigenvalue weighted by molar-refractivity contribution is -0.119. The molecule has 6 heteroatoms. The van der Waals surface area contributed by atoms with Crippen molar-refractivity contribution >= 4 is 39.2 Å². The first-order valence-corrected chi connectivity index (χ1v) is 6.60. The van der Waals surface area contributed by atoms with E-state index in [0.29, 0.717) is 15.7 Å². The highest BCUT2D eigenvalue weighted by atomic mass is 79.9. The molecule has 0 fully saturated rings. The van der Waals surface area contributed by atoms with E-state index in [9.17, 15) is 9.59 Å². The minimum atomic E-state index is -0.434. The fraction of sp³-hybridized carbons (Fsp3) is 0.385. The van der Waals surface area contributed by atoms with Gasteiger partial charge < -0.3 is 14.5 Å². The zero-order chi connectivity index (χ0) is 14.3. The van der Waals surface area contributed by atoms with Crippen LogP contribution in [0.2, 0.25) is 0 Å². The summed E-state index contributed by atoms with van der Waals surface area (Å²) in [5.41, 5.74) is 2.01. The molecule has 1 aliphatic rings. The number of amides is 1. The molecule has 1 aromatic rings. The van der Waals surface area contributed by atoms with Crippen LogP contribution in [0.15, 0.2) is 16.6 Å². The van der Waals surface area contributed by atoms with Gasteiger partial charge in [-0.3, -0.25) is 4.79 Å². The van der Waals surface area contributed by atoms with E-state index in [0.717, 1.165) is 5.69 Å². The second-order valence-electron chi connectivity index (χ2n) is 4.50. The van der Waals surface area contributed by atoms with Gasteiger partial charge in [-0.25, -0.2) is 4.79 Å². The number of carbonyl (C=O) groups excluding carboxylic acids is 2. The second kappa shape index (κ2) is 4.85. The van der Waals surface area contributed by atoms with Crippen LogP contribution in [-0.2, 0) is 9.53 Å². The summed E-state index contributed by atoms with van der Waals surface area (Å²) in [7, 11) is 4.90. The molecule has 19 heavy (non-hydrogen) atoms. The number of hydrogen-bond acceptors (Lipinski definition) is 4. The maximum atomic E-state index is 12.1. The lowest BCUT2D eigenvalue weighted by Crippen LogP contribution is -2.49. The highest BCUT2D eigenvalue weighted by molar-refractivity contribution is 9.10. The molecule has 0 aromatic heterocycles. The molecule has 0 N–H and O–H groups in total. The summed E-state index contributed by atoms with van der Waals surface area (Å²) in [6.07, 6.45) is 0. The summed E-state index contributed by atoms with van der Waals surface area (Å²) in [6, 6.07) is 3.28. The van der Waals surface area contributed by atoms with Crippen LogP contribution < -0.4 is 9.80 Å². The molecule has 1 atom stereocenters. The molecule has 0 radical (unpaired) electrons. The predicted molar refractivity (Wildman–Crippen MR) is 76.8 cm³/mol. The number of likely N-dealkylation sites (N-methyl/N-ethyl adjacent to an activating group) is 2. The van der Waals surface area contributed by atoms with Crippen LogP contribution >= 0.6 is 15.9 Å². The Hall–Kier alpha value is -1.56. The number of methoxy groups -OCH3 is 1. The van der Waals surface area contributed by atoms with E-state index in [1.165, 1.54) is 7.11 Å². The monoisotopic (exact) mass is 326 g/mol. The van der Waals surface area contributed by atoms with Gasteiger partial charge in [0, 0.05) is 18.6 Å². The molecule has 0 spiro atoms. The molecule has 0 bridgehead atoms. The van der Waals surface area contributed by atoms with Gasteiger partial charge in [-0.15, -0.1) is 0 Å². The lowest BCUT2D eigenvalue weighted by Gasteiger charge is -2.38. The third kappa shape index (κ3) is 2.10. The van der Waals surface area contributed by atoms with Crippen molar-refractivity contribution in [1.82, 2.24) is 0 Å². The number of anilines is 2. The number of benzene rings is 1. The highest BCUT2D eigenvalue weighted by Gasteiger charge is 2.32. The van der Waals surface area contributed by atoms with Crippen LogP contribution in [0.25, 0.3) is 0 Å². The Morgan fingerprint density at radius 2 is 1.95 bits per heavy atom. The number of nitrogens with zero attached hydrogens (tertiary/aromatic N) is 2. The van der Waals surface area contributed by atoms with Crippen LogP contribution in [-0.4, -0.2) is 39.1 Å². The van der Waals surface area contributed by atoms with Crippen molar-refractivity contribution in [2.45, 2.75) is 13.0 Å². The molecule has 1 aromatic carbocycles. The Kier molecular flexibility index (Phi) is 3.54. The van der Waals surface area contributed by atoms with E-state index in [1.54, 1.807) is 18.0 Å². The average molecular weight is 327 g/mol. The number of halogens is 1. The Labute approximate surface area is 120 Å². The van der Waals surface area contributed by atoms with Gasteiger partial charge in [-0.1, -0.05) is 0 Å². The van der Waals surface area contributed by atoms with Crippen molar-refractivity contribution in [2.24, 2.45) is 0 Å². The molecular weight excluding hydrogens is 312 g/mol. The molecule has 2 rings (SSSR count). The number of rotatable bonds is 1. The Bertz CT molecular complexity index is 559. The lowest BCUT2D eigenvalue weighted by atomic mass is 10.1. The summed E-state index contributed by atoms with van der Waals surface area (Å²) >= 11 is 3.37. The van der Waals surface area contributed by atoms with E-state index < -0.39 is 5.97 Å². The van der Waals surface area contributed by atoms with Crippen LogP contribution in [0.5, 0.6) is 0 Å². The normalized spacial score (nSPS) is 18.4. The minimum absolute atomic E-state index is 0.00635. The first-order chi connectivity index (χ1) is 8.88. The van der Waals surface area contributed by atoms with Gasteiger partial charge in [-0.05, 0) is 35.0 Å². The highest BCUT2D eigenvalue weighted by Crippen LogP contribution is 2.38. The summed E-state index contributed by atoms with van der Waals surface area (Å²) in [6.45, 7) is 1.85. The molecule has 1 aliphatic heterocycles. The zero-order valence-electron chi connectivity index (χ0n) is 11.2. The van der Waals surface area contributed by atoms with E-state index >= 15 is 0 Å². The van der Waals surface area contributed by atoms with Crippen molar-refractivity contribution in [1.29, 1.82) is 0 Å². The third-order valence-corrected chi connectivity index (χ3v) is 4.14. The van der Waals surface area contributed by atoms with E-state index in [1.807, 2.05) is 24.9 Å². The Morgan fingerprint density at radius 3 is 2.53 bits per heavy atom. The van der Waals surface area contributed by atoms with Crippen LogP contribution in [0.4, 0.5) is 11.4 Å². The van der Waals surface area contributed by atoms with E-state index in [4.69, 9.17) is 4.74 Å². The van der Waals surface area contributed by atoms with Crippen molar-refractivity contribution in [3.05, 3.63) is 22.2 Å². The SMILES string of the molecule is COC(=O)c1cc2c(cc1Br)N(C)C(C)C(=O)N2C. The summed E-state index contributed by atoms with van der Waals surface area (Å²) < 4.78 is 5.38. The second-order valence-corrected chi connectivity index (χ2v) is 5.35. The average Bonchev–Trinajstić information content (AvgIpc) is 2.41.